The number of fused-ring (bicyclic) bond motifs is 1. The number of imidazole rings is 1. The van der Waals surface area contributed by atoms with Crippen LogP contribution >= 0.6 is 0 Å². The van der Waals surface area contributed by atoms with Crippen LogP contribution in [0.4, 0.5) is 10.2 Å². The molecule has 26 heavy (non-hydrogen) atoms. The van der Waals surface area contributed by atoms with Crippen molar-refractivity contribution in [2.45, 2.75) is 0 Å². The fourth-order valence-electron chi connectivity index (χ4n) is 2.59. The number of aromatic amines is 1. The van der Waals surface area contributed by atoms with Gasteiger partial charge in [0, 0.05) is 17.8 Å². The minimum atomic E-state index is -0.551. The first-order valence-electron chi connectivity index (χ1n) is 7.71. The fourth-order valence-corrected chi connectivity index (χ4v) is 2.59. The van der Waals surface area contributed by atoms with Gasteiger partial charge >= 0.3 is 0 Å². The molecule has 3 heterocycles. The minimum absolute atomic E-state index is 0.0234. The molecule has 4 aromatic rings. The molecule has 0 fully saturated rings. The van der Waals surface area contributed by atoms with Crippen molar-refractivity contribution in [3.8, 4) is 11.3 Å². The standard InChI is InChI=1S/C18H12FN5O2/c19-12-6-4-11(5-7-12)16-17(24-8-2-1-3-14(24)22-16)23-18(26)13-9-15(25)21-10-20-13/h1-10H,(H,23,26)(H,20,21,25). The van der Waals surface area contributed by atoms with Gasteiger partial charge < -0.3 is 10.3 Å². The molecule has 128 valence electrons. The zero-order valence-corrected chi connectivity index (χ0v) is 13.3. The molecule has 0 aliphatic heterocycles. The van der Waals surface area contributed by atoms with Crippen molar-refractivity contribution in [1.82, 2.24) is 19.4 Å². The maximum atomic E-state index is 13.2. The molecule has 0 saturated heterocycles. The number of H-pyrrole nitrogens is 1. The van der Waals surface area contributed by atoms with Crippen LogP contribution in [0.3, 0.4) is 0 Å². The van der Waals surface area contributed by atoms with E-state index in [9.17, 15) is 14.0 Å². The number of nitrogens with zero attached hydrogens (tertiary/aromatic N) is 3. The Kier molecular flexibility index (Phi) is 3.77. The Labute approximate surface area is 146 Å². The molecule has 7 nitrogen and oxygen atoms in total. The van der Waals surface area contributed by atoms with Crippen LogP contribution in [0.25, 0.3) is 16.9 Å². The van der Waals surface area contributed by atoms with E-state index in [1.165, 1.54) is 12.1 Å². The van der Waals surface area contributed by atoms with Crippen molar-refractivity contribution < 1.29 is 9.18 Å². The van der Waals surface area contributed by atoms with Gasteiger partial charge in [-0.2, -0.15) is 0 Å². The van der Waals surface area contributed by atoms with Gasteiger partial charge in [0.1, 0.15) is 28.7 Å². The van der Waals surface area contributed by atoms with Crippen molar-refractivity contribution in [2.24, 2.45) is 0 Å². The number of carbonyl (C=O) groups is 1. The van der Waals surface area contributed by atoms with Crippen molar-refractivity contribution >= 4 is 17.4 Å². The second-order valence-corrected chi connectivity index (χ2v) is 5.50. The summed E-state index contributed by atoms with van der Waals surface area (Å²) in [6.07, 6.45) is 2.91. The van der Waals surface area contributed by atoms with Gasteiger partial charge in [-0.15, -0.1) is 0 Å². The molecule has 2 N–H and O–H groups in total. The van der Waals surface area contributed by atoms with Crippen LogP contribution in [0, 0.1) is 5.82 Å². The molecular weight excluding hydrogens is 337 g/mol. The molecule has 0 spiro atoms. The first kappa shape index (κ1) is 15.7. The molecule has 0 atom stereocenters. The van der Waals surface area contributed by atoms with E-state index < -0.39 is 11.5 Å². The lowest BCUT2D eigenvalue weighted by atomic mass is 10.1. The molecule has 1 aromatic carbocycles. The van der Waals surface area contributed by atoms with Crippen LogP contribution < -0.4 is 10.9 Å². The highest BCUT2D eigenvalue weighted by molar-refractivity contribution is 6.04. The quantitative estimate of drug-likeness (QED) is 0.594. The fraction of sp³-hybridized carbons (Fsp3) is 0. The van der Waals surface area contributed by atoms with Gasteiger partial charge in [0.15, 0.2) is 0 Å². The van der Waals surface area contributed by atoms with Crippen LogP contribution in [-0.2, 0) is 0 Å². The highest BCUT2D eigenvalue weighted by Crippen LogP contribution is 2.29. The van der Waals surface area contributed by atoms with Crippen molar-refractivity contribution in [1.29, 1.82) is 0 Å². The average Bonchev–Trinajstić information content (AvgIpc) is 3.01. The molecule has 0 aliphatic rings. The maximum Gasteiger partial charge on any atom is 0.275 e. The Balaban J connectivity index is 1.82. The van der Waals surface area contributed by atoms with Crippen LogP contribution in [0.15, 0.2) is 65.8 Å². The van der Waals surface area contributed by atoms with Gasteiger partial charge in [-0.1, -0.05) is 6.07 Å². The third-order valence-electron chi connectivity index (χ3n) is 3.79. The molecule has 0 aliphatic carbocycles. The van der Waals surface area contributed by atoms with E-state index >= 15 is 0 Å². The van der Waals surface area contributed by atoms with Gasteiger partial charge in [0.2, 0.25) is 0 Å². The third-order valence-corrected chi connectivity index (χ3v) is 3.79. The zero-order chi connectivity index (χ0) is 18.1. The number of rotatable bonds is 3. The summed E-state index contributed by atoms with van der Waals surface area (Å²) in [6.45, 7) is 0. The molecule has 0 saturated carbocycles. The Morgan fingerprint density at radius 1 is 1.15 bits per heavy atom. The van der Waals surface area contributed by atoms with Crippen molar-refractivity contribution in [3.05, 3.63) is 82.9 Å². The second kappa shape index (κ2) is 6.25. The summed E-state index contributed by atoms with van der Waals surface area (Å²) >= 11 is 0. The molecule has 8 heteroatoms. The van der Waals surface area contributed by atoms with Gasteiger partial charge in [0.25, 0.3) is 11.5 Å². The van der Waals surface area contributed by atoms with Gasteiger partial charge in [0.05, 0.1) is 6.33 Å². The number of pyridine rings is 1. The van der Waals surface area contributed by atoms with Crippen LogP contribution in [0.2, 0.25) is 0 Å². The number of aromatic nitrogens is 4. The summed E-state index contributed by atoms with van der Waals surface area (Å²) in [5.74, 6) is -0.514. The molecular formula is C18H12FN5O2. The summed E-state index contributed by atoms with van der Waals surface area (Å²) in [6, 6.07) is 12.3. The normalized spacial score (nSPS) is 10.8. The number of hydrogen-bond acceptors (Lipinski definition) is 4. The maximum absolute atomic E-state index is 13.2. The van der Waals surface area contributed by atoms with E-state index in [1.807, 2.05) is 6.07 Å². The van der Waals surface area contributed by atoms with E-state index in [1.54, 1.807) is 34.9 Å². The molecule has 0 unspecified atom stereocenters. The SMILES string of the molecule is O=C(Nc1c(-c2ccc(F)cc2)nc2ccccn12)c1cc(=O)[nH]cn1. The van der Waals surface area contributed by atoms with Crippen LogP contribution in [0.1, 0.15) is 10.5 Å². The Morgan fingerprint density at radius 2 is 1.96 bits per heavy atom. The summed E-state index contributed by atoms with van der Waals surface area (Å²) in [7, 11) is 0. The lowest BCUT2D eigenvalue weighted by Gasteiger charge is -2.07. The molecule has 0 bridgehead atoms. The number of benzene rings is 1. The number of nitrogens with one attached hydrogen (secondary N) is 2. The van der Waals surface area contributed by atoms with Crippen molar-refractivity contribution in [3.63, 3.8) is 0 Å². The van der Waals surface area contributed by atoms with Crippen molar-refractivity contribution in [2.75, 3.05) is 5.32 Å². The zero-order valence-electron chi connectivity index (χ0n) is 13.3. The molecule has 3 aromatic heterocycles. The number of hydrogen-bond donors (Lipinski definition) is 2. The predicted molar refractivity (Wildman–Crippen MR) is 93.4 cm³/mol. The number of carbonyl (C=O) groups excluding carboxylic acids is 1. The minimum Gasteiger partial charge on any atom is -0.313 e. The van der Waals surface area contributed by atoms with E-state index in [4.69, 9.17) is 0 Å². The second-order valence-electron chi connectivity index (χ2n) is 5.50. The Morgan fingerprint density at radius 3 is 2.73 bits per heavy atom. The number of anilines is 1. The van der Waals surface area contributed by atoms with E-state index in [0.717, 1.165) is 12.4 Å². The monoisotopic (exact) mass is 349 g/mol. The third kappa shape index (κ3) is 2.84. The topological polar surface area (TPSA) is 92.2 Å². The molecule has 4 rings (SSSR count). The summed E-state index contributed by atoms with van der Waals surface area (Å²) in [5, 5.41) is 2.74. The van der Waals surface area contributed by atoms with E-state index in [0.29, 0.717) is 22.7 Å². The van der Waals surface area contributed by atoms with E-state index in [-0.39, 0.29) is 11.5 Å². The van der Waals surface area contributed by atoms with Gasteiger partial charge in [-0.25, -0.2) is 14.4 Å². The Hall–Kier alpha value is -3.81. The summed E-state index contributed by atoms with van der Waals surface area (Å²) in [5.41, 5.74) is 1.28. The molecule has 0 radical (unpaired) electrons. The van der Waals surface area contributed by atoms with E-state index in [2.05, 4.69) is 20.3 Å². The number of halogens is 1. The first-order valence-corrected chi connectivity index (χ1v) is 7.71. The highest BCUT2D eigenvalue weighted by Gasteiger charge is 2.18. The van der Waals surface area contributed by atoms with Gasteiger partial charge in [-0.3, -0.25) is 14.0 Å². The van der Waals surface area contributed by atoms with Crippen LogP contribution in [0.5, 0.6) is 0 Å². The number of amides is 1. The predicted octanol–water partition coefficient (Wildman–Crippen LogP) is 2.48. The lowest BCUT2D eigenvalue weighted by molar-refractivity contribution is 0.102. The molecule has 1 amide bonds. The average molecular weight is 349 g/mol. The Bertz CT molecular complexity index is 1160. The summed E-state index contributed by atoms with van der Waals surface area (Å²) < 4.78 is 14.9. The lowest BCUT2D eigenvalue weighted by Crippen LogP contribution is -2.18. The largest absolute Gasteiger partial charge is 0.313 e. The van der Waals surface area contributed by atoms with Gasteiger partial charge in [-0.05, 0) is 36.4 Å². The highest BCUT2D eigenvalue weighted by atomic mass is 19.1. The smallest absolute Gasteiger partial charge is 0.275 e. The summed E-state index contributed by atoms with van der Waals surface area (Å²) in [4.78, 5) is 34.7. The first-order chi connectivity index (χ1) is 12.6. The van der Waals surface area contributed by atoms with Crippen LogP contribution in [-0.4, -0.2) is 25.3 Å².